The van der Waals surface area contributed by atoms with Crippen LogP contribution in [0.1, 0.15) is 15.9 Å². The van der Waals surface area contributed by atoms with E-state index in [0.717, 1.165) is 6.26 Å². The highest BCUT2D eigenvalue weighted by molar-refractivity contribution is 7.90. The van der Waals surface area contributed by atoms with Crippen LogP contribution in [-0.2, 0) is 9.84 Å². The summed E-state index contributed by atoms with van der Waals surface area (Å²) in [6.07, 6.45) is 1.05. The van der Waals surface area contributed by atoms with Crippen molar-refractivity contribution >= 4 is 26.5 Å². The average molecular weight is 359 g/mol. The number of methoxy groups -OCH3 is 1. The van der Waals surface area contributed by atoms with Crippen LogP contribution < -0.4 is 4.74 Å². The first-order valence-corrected chi connectivity index (χ1v) is 9.19. The van der Waals surface area contributed by atoms with E-state index in [1.54, 1.807) is 12.1 Å². The van der Waals surface area contributed by atoms with Crippen molar-refractivity contribution in [2.24, 2.45) is 0 Å². The maximum atomic E-state index is 14.0. The second-order valence-corrected chi connectivity index (χ2v) is 7.40. The molecule has 3 rings (SSSR count). The van der Waals surface area contributed by atoms with Crippen LogP contribution in [0.2, 0.25) is 0 Å². The van der Waals surface area contributed by atoms with Crippen LogP contribution in [0.4, 0.5) is 4.39 Å². The van der Waals surface area contributed by atoms with Gasteiger partial charge >= 0.3 is 0 Å². The molecule has 7 heteroatoms. The first-order chi connectivity index (χ1) is 11.8. The molecule has 0 saturated carbocycles. The standard InChI is InChI=1S/C18H14FNO4S/c1-24-15-9-8-14-12(7-10-16(20-14)25(2,22)23)17(15)18(21)11-5-3-4-6-13(11)19/h3-10H,1-2H3. The largest absolute Gasteiger partial charge is 0.496 e. The number of pyridine rings is 1. The van der Waals surface area contributed by atoms with Crippen molar-refractivity contribution in [1.29, 1.82) is 0 Å². The van der Waals surface area contributed by atoms with E-state index in [1.165, 1.54) is 43.5 Å². The molecule has 3 aromatic rings. The Labute approximate surface area is 144 Å². The number of sulfone groups is 1. The molecule has 5 nitrogen and oxygen atoms in total. The van der Waals surface area contributed by atoms with Gasteiger partial charge in [-0.3, -0.25) is 4.79 Å². The number of carbonyl (C=O) groups excluding carboxylic acids is 1. The van der Waals surface area contributed by atoms with Gasteiger partial charge in [-0.25, -0.2) is 17.8 Å². The van der Waals surface area contributed by atoms with Gasteiger partial charge in [0.05, 0.1) is 23.8 Å². The average Bonchev–Trinajstić information content (AvgIpc) is 2.59. The van der Waals surface area contributed by atoms with Crippen LogP contribution in [0, 0.1) is 5.82 Å². The summed E-state index contributed by atoms with van der Waals surface area (Å²) in [5, 5.41) is 0.287. The summed E-state index contributed by atoms with van der Waals surface area (Å²) in [7, 11) is -2.09. The smallest absolute Gasteiger partial charge is 0.200 e. The number of benzene rings is 2. The quantitative estimate of drug-likeness (QED) is 0.670. The zero-order chi connectivity index (χ0) is 18.2. The van der Waals surface area contributed by atoms with Crippen molar-refractivity contribution < 1.29 is 22.3 Å². The summed E-state index contributed by atoms with van der Waals surface area (Å²) in [6, 6.07) is 11.5. The minimum atomic E-state index is -3.49. The van der Waals surface area contributed by atoms with Gasteiger partial charge in [0.1, 0.15) is 11.6 Å². The minimum Gasteiger partial charge on any atom is -0.496 e. The predicted octanol–water partition coefficient (Wildman–Crippen LogP) is 3.02. The lowest BCUT2D eigenvalue weighted by molar-refractivity contribution is 0.103. The van der Waals surface area contributed by atoms with Crippen LogP contribution in [0.25, 0.3) is 10.9 Å². The van der Waals surface area contributed by atoms with Crippen molar-refractivity contribution in [2.75, 3.05) is 13.4 Å². The topological polar surface area (TPSA) is 73.3 Å². The van der Waals surface area contributed by atoms with Crippen LogP contribution >= 0.6 is 0 Å². The Morgan fingerprint density at radius 1 is 1.08 bits per heavy atom. The van der Waals surface area contributed by atoms with Gasteiger partial charge in [0.2, 0.25) is 0 Å². The van der Waals surface area contributed by atoms with Crippen LogP contribution in [0.5, 0.6) is 5.75 Å². The molecule has 2 aromatic carbocycles. The number of fused-ring (bicyclic) bond motifs is 1. The zero-order valence-corrected chi connectivity index (χ0v) is 14.3. The highest BCUT2D eigenvalue weighted by Crippen LogP contribution is 2.30. The molecule has 0 fully saturated rings. The Hall–Kier alpha value is -2.80. The molecule has 1 heterocycles. The molecule has 0 aliphatic rings. The number of halogens is 1. The number of aromatic nitrogens is 1. The molecule has 0 aliphatic heterocycles. The molecule has 1 aromatic heterocycles. The van der Waals surface area contributed by atoms with Gasteiger partial charge < -0.3 is 4.74 Å². The lowest BCUT2D eigenvalue weighted by Gasteiger charge is -2.12. The van der Waals surface area contributed by atoms with Crippen molar-refractivity contribution in [1.82, 2.24) is 4.98 Å². The summed E-state index contributed by atoms with van der Waals surface area (Å²) in [6.45, 7) is 0. The molecule has 25 heavy (non-hydrogen) atoms. The number of hydrogen-bond donors (Lipinski definition) is 0. The van der Waals surface area contributed by atoms with E-state index in [1.807, 2.05) is 0 Å². The van der Waals surface area contributed by atoms with E-state index in [2.05, 4.69) is 4.98 Å². The van der Waals surface area contributed by atoms with Gasteiger partial charge in [-0.05, 0) is 36.4 Å². The molecule has 0 radical (unpaired) electrons. The van der Waals surface area contributed by atoms with Crippen molar-refractivity contribution in [3.8, 4) is 5.75 Å². The normalized spacial score (nSPS) is 11.5. The monoisotopic (exact) mass is 359 g/mol. The number of carbonyl (C=O) groups is 1. The first kappa shape index (κ1) is 17.0. The van der Waals surface area contributed by atoms with E-state index in [4.69, 9.17) is 4.74 Å². The molecule has 0 atom stereocenters. The van der Waals surface area contributed by atoms with Crippen LogP contribution in [0.15, 0.2) is 53.6 Å². The fourth-order valence-corrected chi connectivity index (χ4v) is 3.14. The zero-order valence-electron chi connectivity index (χ0n) is 13.5. The number of nitrogens with zero attached hydrogens (tertiary/aromatic N) is 1. The van der Waals surface area contributed by atoms with Crippen molar-refractivity contribution in [2.45, 2.75) is 5.03 Å². The molecule has 0 aliphatic carbocycles. The maximum absolute atomic E-state index is 14.0. The Morgan fingerprint density at radius 3 is 2.44 bits per heavy atom. The van der Waals surface area contributed by atoms with Crippen molar-refractivity contribution in [3.63, 3.8) is 0 Å². The van der Waals surface area contributed by atoms with Gasteiger partial charge in [-0.2, -0.15) is 0 Å². The van der Waals surface area contributed by atoms with Gasteiger partial charge in [0, 0.05) is 11.6 Å². The second-order valence-electron chi connectivity index (χ2n) is 5.44. The highest BCUT2D eigenvalue weighted by atomic mass is 32.2. The van der Waals surface area contributed by atoms with Crippen LogP contribution in [0.3, 0.4) is 0 Å². The molecule has 0 N–H and O–H groups in total. The van der Waals surface area contributed by atoms with Gasteiger partial charge in [-0.1, -0.05) is 12.1 Å². The highest BCUT2D eigenvalue weighted by Gasteiger charge is 2.22. The SMILES string of the molecule is COc1ccc2nc(S(C)(=O)=O)ccc2c1C(=O)c1ccccc1F. The van der Waals surface area contributed by atoms with Crippen molar-refractivity contribution in [3.05, 3.63) is 65.5 Å². The lowest BCUT2D eigenvalue weighted by Crippen LogP contribution is -2.08. The summed E-state index contributed by atoms with van der Waals surface area (Å²) in [5.74, 6) is -0.948. The number of ketones is 1. The summed E-state index contributed by atoms with van der Waals surface area (Å²) < 4.78 is 42.6. The Morgan fingerprint density at radius 2 is 1.80 bits per heavy atom. The van der Waals surface area contributed by atoms with E-state index >= 15 is 0 Å². The summed E-state index contributed by atoms with van der Waals surface area (Å²) in [4.78, 5) is 17.0. The van der Waals surface area contributed by atoms with E-state index in [9.17, 15) is 17.6 Å². The van der Waals surface area contributed by atoms with Gasteiger partial charge in [0.15, 0.2) is 20.6 Å². The minimum absolute atomic E-state index is 0.0968. The van der Waals surface area contributed by atoms with Gasteiger partial charge in [0.25, 0.3) is 0 Å². The lowest BCUT2D eigenvalue weighted by atomic mass is 9.98. The molecular weight excluding hydrogens is 345 g/mol. The third-order valence-electron chi connectivity index (χ3n) is 3.75. The fraction of sp³-hybridized carbons (Fsp3) is 0.111. The van der Waals surface area contributed by atoms with Crippen LogP contribution in [-0.4, -0.2) is 32.6 Å². The number of ether oxygens (including phenoxy) is 1. The molecular formula is C18H14FNO4S. The van der Waals surface area contributed by atoms with E-state index in [-0.39, 0.29) is 21.9 Å². The Bertz CT molecular complexity index is 1090. The molecule has 0 spiro atoms. The number of rotatable bonds is 4. The predicted molar refractivity (Wildman–Crippen MR) is 91.2 cm³/mol. The molecule has 128 valence electrons. The summed E-state index contributed by atoms with van der Waals surface area (Å²) >= 11 is 0. The second kappa shape index (κ2) is 6.25. The van der Waals surface area contributed by atoms with Gasteiger partial charge in [-0.15, -0.1) is 0 Å². The first-order valence-electron chi connectivity index (χ1n) is 7.30. The summed E-state index contributed by atoms with van der Waals surface area (Å²) in [5.41, 5.74) is 0.349. The fourth-order valence-electron chi connectivity index (χ4n) is 2.56. The number of hydrogen-bond acceptors (Lipinski definition) is 5. The third kappa shape index (κ3) is 3.10. The molecule has 0 unspecified atom stereocenters. The molecule has 0 bridgehead atoms. The molecule has 0 amide bonds. The maximum Gasteiger partial charge on any atom is 0.200 e. The Balaban J connectivity index is 2.29. The van der Waals surface area contributed by atoms with E-state index < -0.39 is 21.4 Å². The molecule has 0 saturated heterocycles. The Kier molecular flexibility index (Phi) is 4.26. The van der Waals surface area contributed by atoms with E-state index in [0.29, 0.717) is 10.9 Å². The third-order valence-corrected chi connectivity index (χ3v) is 4.74.